The van der Waals surface area contributed by atoms with Gasteiger partial charge in [-0.15, -0.1) is 0 Å². The van der Waals surface area contributed by atoms with E-state index in [0.29, 0.717) is 47.4 Å². The maximum Gasteiger partial charge on any atom is 0.274 e. The molecule has 1 amide bonds. The summed E-state index contributed by atoms with van der Waals surface area (Å²) in [6, 6.07) is 8.60. The quantitative estimate of drug-likeness (QED) is 0.488. The molecular weight excluding hydrogens is 383 g/mol. The van der Waals surface area contributed by atoms with E-state index >= 15 is 0 Å². The normalized spacial score (nSPS) is 13.7. The molecule has 5 heterocycles. The fourth-order valence-electron chi connectivity index (χ4n) is 3.36. The highest BCUT2D eigenvalue weighted by molar-refractivity contribution is 6.30. The first-order chi connectivity index (χ1) is 13.6. The second-order valence-corrected chi connectivity index (χ2v) is 6.99. The van der Waals surface area contributed by atoms with E-state index in [-0.39, 0.29) is 5.91 Å². The van der Waals surface area contributed by atoms with E-state index < -0.39 is 5.95 Å². The topological polar surface area (TPSA) is 68.3 Å². The van der Waals surface area contributed by atoms with Gasteiger partial charge in [0.2, 0.25) is 5.95 Å². The molecule has 5 rings (SSSR count). The van der Waals surface area contributed by atoms with Crippen LogP contribution in [0.25, 0.3) is 16.8 Å². The van der Waals surface area contributed by atoms with Crippen molar-refractivity contribution >= 4 is 23.0 Å². The predicted octanol–water partition coefficient (Wildman–Crippen LogP) is 3.04. The first-order valence-corrected chi connectivity index (χ1v) is 9.07. The molecule has 0 fully saturated rings. The van der Waals surface area contributed by atoms with Gasteiger partial charge in [0, 0.05) is 31.7 Å². The summed E-state index contributed by atoms with van der Waals surface area (Å²) in [5.74, 6) is -0.0397. The summed E-state index contributed by atoms with van der Waals surface area (Å²) in [5, 5.41) is 4.87. The van der Waals surface area contributed by atoms with E-state index in [1.807, 2.05) is 10.6 Å². The number of hydrogen-bond acceptors (Lipinski definition) is 4. The number of pyridine rings is 2. The third-order valence-electron chi connectivity index (χ3n) is 4.77. The van der Waals surface area contributed by atoms with E-state index in [1.165, 1.54) is 6.20 Å². The molecule has 9 heteroatoms. The van der Waals surface area contributed by atoms with Gasteiger partial charge in [0.1, 0.15) is 5.82 Å². The molecule has 0 bridgehead atoms. The number of imidazole rings is 1. The molecule has 0 unspecified atom stereocenters. The smallest absolute Gasteiger partial charge is 0.274 e. The Morgan fingerprint density at radius 3 is 2.93 bits per heavy atom. The molecule has 0 radical (unpaired) electrons. The summed E-state index contributed by atoms with van der Waals surface area (Å²) in [7, 11) is 0. The lowest BCUT2D eigenvalue weighted by Gasteiger charge is -2.26. The van der Waals surface area contributed by atoms with E-state index in [0.717, 1.165) is 5.52 Å². The van der Waals surface area contributed by atoms with Crippen LogP contribution in [0.3, 0.4) is 0 Å². The fourth-order valence-corrected chi connectivity index (χ4v) is 3.52. The van der Waals surface area contributed by atoms with Crippen LogP contribution >= 0.6 is 11.6 Å². The molecule has 0 N–H and O–H groups in total. The maximum absolute atomic E-state index is 14.0. The summed E-state index contributed by atoms with van der Waals surface area (Å²) in [6.45, 7) is 1.43. The third kappa shape index (κ3) is 2.82. The second kappa shape index (κ2) is 6.42. The Bertz CT molecular complexity index is 1220. The van der Waals surface area contributed by atoms with Crippen LogP contribution in [-0.2, 0) is 13.1 Å². The van der Waals surface area contributed by atoms with E-state index in [1.54, 1.807) is 46.1 Å². The second-order valence-electron chi connectivity index (χ2n) is 6.55. The van der Waals surface area contributed by atoms with Crippen LogP contribution < -0.4 is 0 Å². The summed E-state index contributed by atoms with van der Waals surface area (Å²) in [5.41, 5.74) is 2.00. The molecule has 140 valence electrons. The zero-order valence-electron chi connectivity index (χ0n) is 14.6. The summed E-state index contributed by atoms with van der Waals surface area (Å²) in [4.78, 5) is 22.8. The molecule has 0 saturated heterocycles. The van der Waals surface area contributed by atoms with Crippen molar-refractivity contribution < 1.29 is 9.18 Å². The van der Waals surface area contributed by atoms with Crippen LogP contribution in [-0.4, -0.2) is 41.5 Å². The summed E-state index contributed by atoms with van der Waals surface area (Å²) < 4.78 is 17.5. The lowest BCUT2D eigenvalue weighted by atomic mass is 10.2. The van der Waals surface area contributed by atoms with Gasteiger partial charge >= 0.3 is 0 Å². The Morgan fingerprint density at radius 1 is 1.18 bits per heavy atom. The van der Waals surface area contributed by atoms with Crippen molar-refractivity contribution in [3.8, 4) is 11.3 Å². The SMILES string of the molecule is O=C(c1cc2ccc(Cl)cn2n1)N1CCn2cc(-c3cccnc3F)nc2C1. The first-order valence-electron chi connectivity index (χ1n) is 8.69. The van der Waals surface area contributed by atoms with Crippen molar-refractivity contribution in [1.82, 2.24) is 29.0 Å². The summed E-state index contributed by atoms with van der Waals surface area (Å²) >= 11 is 5.98. The molecule has 4 aromatic heterocycles. The fraction of sp³-hybridized carbons (Fsp3) is 0.158. The largest absolute Gasteiger partial charge is 0.331 e. The molecule has 0 atom stereocenters. The lowest BCUT2D eigenvalue weighted by Crippen LogP contribution is -2.38. The Balaban J connectivity index is 1.42. The third-order valence-corrected chi connectivity index (χ3v) is 4.99. The van der Waals surface area contributed by atoms with Crippen molar-refractivity contribution in [3.05, 3.63) is 71.4 Å². The highest BCUT2D eigenvalue weighted by Gasteiger charge is 2.26. The Hall–Kier alpha value is -3.26. The molecule has 1 aliphatic heterocycles. The van der Waals surface area contributed by atoms with Crippen molar-refractivity contribution in [2.24, 2.45) is 0 Å². The minimum absolute atomic E-state index is 0.178. The van der Waals surface area contributed by atoms with Gasteiger partial charge in [0.15, 0.2) is 5.69 Å². The number of carbonyl (C=O) groups is 1. The Kier molecular flexibility index (Phi) is 3.87. The van der Waals surface area contributed by atoms with Gasteiger partial charge in [-0.1, -0.05) is 11.6 Å². The van der Waals surface area contributed by atoms with Crippen molar-refractivity contribution in [1.29, 1.82) is 0 Å². The van der Waals surface area contributed by atoms with Gasteiger partial charge in [-0.2, -0.15) is 9.49 Å². The number of nitrogens with zero attached hydrogens (tertiary/aromatic N) is 6. The van der Waals surface area contributed by atoms with Crippen molar-refractivity contribution in [3.63, 3.8) is 0 Å². The van der Waals surface area contributed by atoms with E-state index in [2.05, 4.69) is 15.1 Å². The lowest BCUT2D eigenvalue weighted by molar-refractivity contribution is 0.0701. The molecular formula is C19H14ClFN6O. The van der Waals surface area contributed by atoms with Gasteiger partial charge < -0.3 is 9.47 Å². The van der Waals surface area contributed by atoms with E-state index in [4.69, 9.17) is 11.6 Å². The van der Waals surface area contributed by atoms with Crippen LogP contribution in [0, 0.1) is 5.95 Å². The highest BCUT2D eigenvalue weighted by Crippen LogP contribution is 2.24. The maximum atomic E-state index is 14.0. The van der Waals surface area contributed by atoms with Crippen molar-refractivity contribution in [2.75, 3.05) is 6.54 Å². The molecule has 4 aromatic rings. The molecule has 0 saturated carbocycles. The van der Waals surface area contributed by atoms with Crippen LogP contribution in [0.5, 0.6) is 0 Å². The number of fused-ring (bicyclic) bond motifs is 2. The van der Waals surface area contributed by atoms with Gasteiger partial charge in [0.25, 0.3) is 5.91 Å². The molecule has 7 nitrogen and oxygen atoms in total. The zero-order chi connectivity index (χ0) is 19.3. The van der Waals surface area contributed by atoms with Gasteiger partial charge in [-0.05, 0) is 30.3 Å². The van der Waals surface area contributed by atoms with Gasteiger partial charge in [-0.25, -0.2) is 14.5 Å². The zero-order valence-corrected chi connectivity index (χ0v) is 15.3. The van der Waals surface area contributed by atoms with Crippen LogP contribution in [0.2, 0.25) is 5.02 Å². The molecule has 0 aromatic carbocycles. The number of amides is 1. The van der Waals surface area contributed by atoms with Crippen molar-refractivity contribution in [2.45, 2.75) is 13.1 Å². The standard InChI is InChI=1S/C19H14ClFN6O/c20-12-3-4-13-8-15(24-27(13)9-12)19(28)26-7-6-25-10-16(23-17(25)11-26)14-2-1-5-22-18(14)21/h1-5,8-10H,6-7,11H2. The average Bonchev–Trinajstić information content (AvgIpc) is 3.30. The number of hydrogen-bond donors (Lipinski definition) is 0. The highest BCUT2D eigenvalue weighted by atomic mass is 35.5. The number of aromatic nitrogens is 5. The van der Waals surface area contributed by atoms with E-state index in [9.17, 15) is 9.18 Å². The number of halogens is 2. The average molecular weight is 397 g/mol. The molecule has 1 aliphatic rings. The summed E-state index contributed by atoms with van der Waals surface area (Å²) in [6.07, 6.45) is 4.85. The van der Waals surface area contributed by atoms with Crippen LogP contribution in [0.15, 0.2) is 48.9 Å². The number of carbonyl (C=O) groups excluding carboxylic acids is 1. The van der Waals surface area contributed by atoms with Crippen LogP contribution in [0.4, 0.5) is 4.39 Å². The monoisotopic (exact) mass is 396 g/mol. The molecule has 28 heavy (non-hydrogen) atoms. The Labute approximate surface area is 164 Å². The molecule has 0 aliphatic carbocycles. The van der Waals surface area contributed by atoms with Crippen LogP contribution in [0.1, 0.15) is 16.3 Å². The predicted molar refractivity (Wildman–Crippen MR) is 100 cm³/mol. The van der Waals surface area contributed by atoms with Gasteiger partial charge in [-0.3, -0.25) is 4.79 Å². The number of rotatable bonds is 2. The minimum atomic E-state index is -0.561. The van der Waals surface area contributed by atoms with Gasteiger partial charge in [0.05, 0.1) is 28.3 Å². The minimum Gasteiger partial charge on any atom is -0.331 e. The first kappa shape index (κ1) is 16.9. The Morgan fingerprint density at radius 2 is 2.07 bits per heavy atom. The molecule has 0 spiro atoms.